The van der Waals surface area contributed by atoms with Gasteiger partial charge in [-0.25, -0.2) is 4.98 Å². The molecule has 0 bridgehead atoms. The lowest BCUT2D eigenvalue weighted by atomic mass is 10.3. The lowest BCUT2D eigenvalue weighted by Crippen LogP contribution is -2.26. The van der Waals surface area contributed by atoms with Crippen molar-refractivity contribution in [2.75, 3.05) is 6.54 Å². The van der Waals surface area contributed by atoms with E-state index in [1.54, 1.807) is 0 Å². The molecule has 0 unspecified atom stereocenters. The van der Waals surface area contributed by atoms with E-state index in [4.69, 9.17) is 5.26 Å². The predicted molar refractivity (Wildman–Crippen MR) is 68.9 cm³/mol. The number of hydrogen-bond acceptors (Lipinski definition) is 3. The average Bonchev–Trinajstić information content (AvgIpc) is 3.14. The molecule has 0 atom stereocenters. The lowest BCUT2D eigenvalue weighted by molar-refractivity contribution is 0.258. The third-order valence-corrected chi connectivity index (χ3v) is 3.35. The van der Waals surface area contributed by atoms with Crippen LogP contribution in [0, 0.1) is 11.3 Å². The predicted octanol–water partition coefficient (Wildman–Crippen LogP) is 2.21. The summed E-state index contributed by atoms with van der Waals surface area (Å²) in [6.45, 7) is 1.71. The van der Waals surface area contributed by atoms with Crippen LogP contribution in [0.15, 0.2) is 30.6 Å². The maximum absolute atomic E-state index is 8.70. The first kappa shape index (κ1) is 11.2. The molecule has 1 aliphatic carbocycles. The topological polar surface area (TPSA) is 44.3 Å². The van der Waals surface area contributed by atoms with Crippen molar-refractivity contribution in [3.63, 3.8) is 0 Å². The van der Waals surface area contributed by atoms with E-state index in [0.717, 1.165) is 24.4 Å². The highest BCUT2D eigenvalue weighted by Gasteiger charge is 2.28. The van der Waals surface area contributed by atoms with E-state index in [1.165, 1.54) is 12.8 Å². The highest BCUT2D eigenvalue weighted by molar-refractivity contribution is 5.39. The van der Waals surface area contributed by atoms with Gasteiger partial charge in [0, 0.05) is 37.9 Å². The van der Waals surface area contributed by atoms with E-state index in [2.05, 4.69) is 22.1 Å². The minimum atomic E-state index is 0.601. The van der Waals surface area contributed by atoms with Gasteiger partial charge in [-0.2, -0.15) is 5.26 Å². The second-order valence-corrected chi connectivity index (χ2v) is 4.81. The highest BCUT2D eigenvalue weighted by atomic mass is 15.2. The van der Waals surface area contributed by atoms with Gasteiger partial charge in [-0.1, -0.05) is 6.07 Å². The SMILES string of the molecule is N#CCCN(Cc1cn2ccccc2n1)C1CC1. The minimum Gasteiger partial charge on any atom is -0.307 e. The van der Waals surface area contributed by atoms with Gasteiger partial charge in [0.05, 0.1) is 11.8 Å². The molecule has 92 valence electrons. The Morgan fingerprint density at radius 3 is 3.06 bits per heavy atom. The average molecular weight is 240 g/mol. The maximum atomic E-state index is 8.70. The molecule has 4 nitrogen and oxygen atoms in total. The summed E-state index contributed by atoms with van der Waals surface area (Å²) in [4.78, 5) is 6.99. The number of nitrogens with zero attached hydrogens (tertiary/aromatic N) is 4. The third-order valence-electron chi connectivity index (χ3n) is 3.35. The molecule has 0 spiro atoms. The summed E-state index contributed by atoms with van der Waals surface area (Å²) >= 11 is 0. The van der Waals surface area contributed by atoms with E-state index in [0.29, 0.717) is 12.5 Å². The van der Waals surface area contributed by atoms with Crippen LogP contribution >= 0.6 is 0 Å². The maximum Gasteiger partial charge on any atom is 0.137 e. The summed E-state index contributed by atoms with van der Waals surface area (Å²) in [5, 5.41) is 8.70. The Morgan fingerprint density at radius 2 is 2.33 bits per heavy atom. The Balaban J connectivity index is 1.75. The quantitative estimate of drug-likeness (QED) is 0.805. The number of nitriles is 1. The first-order chi connectivity index (χ1) is 8.86. The number of hydrogen-bond donors (Lipinski definition) is 0. The fourth-order valence-electron chi connectivity index (χ4n) is 2.30. The number of fused-ring (bicyclic) bond motifs is 1. The Morgan fingerprint density at radius 1 is 1.44 bits per heavy atom. The fraction of sp³-hybridized carbons (Fsp3) is 0.429. The van der Waals surface area contributed by atoms with Crippen molar-refractivity contribution in [1.29, 1.82) is 5.26 Å². The van der Waals surface area contributed by atoms with Gasteiger partial charge in [-0.15, -0.1) is 0 Å². The minimum absolute atomic E-state index is 0.601. The molecule has 0 amide bonds. The Labute approximate surface area is 106 Å². The molecule has 0 aliphatic heterocycles. The van der Waals surface area contributed by atoms with E-state index in [9.17, 15) is 0 Å². The van der Waals surface area contributed by atoms with Gasteiger partial charge < -0.3 is 4.40 Å². The summed E-state index contributed by atoms with van der Waals surface area (Å²) in [7, 11) is 0. The van der Waals surface area contributed by atoms with Crippen molar-refractivity contribution in [2.24, 2.45) is 0 Å². The van der Waals surface area contributed by atoms with Gasteiger partial charge in [0.2, 0.25) is 0 Å². The van der Waals surface area contributed by atoms with E-state index in [-0.39, 0.29) is 0 Å². The van der Waals surface area contributed by atoms with Crippen molar-refractivity contribution in [2.45, 2.75) is 31.8 Å². The van der Waals surface area contributed by atoms with Crippen LogP contribution in [-0.4, -0.2) is 26.9 Å². The zero-order valence-corrected chi connectivity index (χ0v) is 10.3. The monoisotopic (exact) mass is 240 g/mol. The Kier molecular flexibility index (Phi) is 2.99. The van der Waals surface area contributed by atoms with Crippen molar-refractivity contribution < 1.29 is 0 Å². The van der Waals surface area contributed by atoms with E-state index < -0.39 is 0 Å². The van der Waals surface area contributed by atoms with Crippen molar-refractivity contribution in [1.82, 2.24) is 14.3 Å². The van der Waals surface area contributed by atoms with Crippen LogP contribution in [0.3, 0.4) is 0 Å². The zero-order chi connectivity index (χ0) is 12.4. The molecule has 1 saturated carbocycles. The molecule has 1 fully saturated rings. The molecular formula is C14H16N4. The number of pyridine rings is 1. The standard InChI is InChI=1S/C14H16N4/c15-7-3-9-17(13-5-6-13)10-12-11-18-8-2-1-4-14(18)16-12/h1-2,4,8,11,13H,3,5-6,9-10H2. The van der Waals surface area contributed by atoms with Crippen LogP contribution in [0.5, 0.6) is 0 Å². The first-order valence-corrected chi connectivity index (χ1v) is 6.40. The van der Waals surface area contributed by atoms with Crippen molar-refractivity contribution >= 4 is 5.65 Å². The molecule has 0 N–H and O–H groups in total. The van der Waals surface area contributed by atoms with Gasteiger partial charge in [0.15, 0.2) is 0 Å². The number of imidazole rings is 1. The van der Waals surface area contributed by atoms with Crippen LogP contribution in [0.2, 0.25) is 0 Å². The number of rotatable bonds is 5. The van der Waals surface area contributed by atoms with Crippen LogP contribution in [-0.2, 0) is 6.54 Å². The van der Waals surface area contributed by atoms with Crippen LogP contribution in [0.1, 0.15) is 25.0 Å². The van der Waals surface area contributed by atoms with Crippen LogP contribution in [0.25, 0.3) is 5.65 Å². The second-order valence-electron chi connectivity index (χ2n) is 4.81. The summed E-state index contributed by atoms with van der Waals surface area (Å²) in [5.74, 6) is 0. The number of aromatic nitrogens is 2. The van der Waals surface area contributed by atoms with E-state index in [1.807, 2.05) is 28.8 Å². The van der Waals surface area contributed by atoms with Gasteiger partial charge in [-0.05, 0) is 25.0 Å². The van der Waals surface area contributed by atoms with Crippen molar-refractivity contribution in [3.8, 4) is 6.07 Å². The molecule has 0 radical (unpaired) electrons. The zero-order valence-electron chi connectivity index (χ0n) is 10.3. The summed E-state index contributed by atoms with van der Waals surface area (Å²) in [5.41, 5.74) is 2.08. The third kappa shape index (κ3) is 2.36. The molecule has 18 heavy (non-hydrogen) atoms. The second kappa shape index (κ2) is 4.79. The Bertz CT molecular complexity index is 544. The molecule has 3 rings (SSSR count). The molecule has 0 saturated heterocycles. The summed E-state index contributed by atoms with van der Waals surface area (Å²) in [6, 6.07) is 8.92. The molecule has 4 heteroatoms. The van der Waals surface area contributed by atoms with Gasteiger partial charge in [0.25, 0.3) is 0 Å². The van der Waals surface area contributed by atoms with Crippen molar-refractivity contribution in [3.05, 3.63) is 36.3 Å². The van der Waals surface area contributed by atoms with Gasteiger partial charge in [0.1, 0.15) is 5.65 Å². The molecular weight excluding hydrogens is 224 g/mol. The molecule has 1 aliphatic rings. The fourth-order valence-corrected chi connectivity index (χ4v) is 2.30. The highest BCUT2D eigenvalue weighted by Crippen LogP contribution is 2.28. The van der Waals surface area contributed by atoms with E-state index >= 15 is 0 Å². The summed E-state index contributed by atoms with van der Waals surface area (Å²) < 4.78 is 2.05. The molecule has 2 aromatic rings. The first-order valence-electron chi connectivity index (χ1n) is 6.40. The van der Waals surface area contributed by atoms with Crippen LogP contribution in [0.4, 0.5) is 0 Å². The van der Waals surface area contributed by atoms with Crippen LogP contribution < -0.4 is 0 Å². The smallest absolute Gasteiger partial charge is 0.137 e. The van der Waals surface area contributed by atoms with Gasteiger partial charge >= 0.3 is 0 Å². The van der Waals surface area contributed by atoms with Gasteiger partial charge in [-0.3, -0.25) is 4.90 Å². The lowest BCUT2D eigenvalue weighted by Gasteiger charge is -2.18. The molecule has 0 aromatic carbocycles. The largest absolute Gasteiger partial charge is 0.307 e. The normalized spacial score (nSPS) is 15.1. The molecule has 2 heterocycles. The molecule has 2 aromatic heterocycles. The Hall–Kier alpha value is -1.86. The summed E-state index contributed by atoms with van der Waals surface area (Å²) in [6.07, 6.45) is 7.22.